The minimum absolute atomic E-state index is 0.193. The van der Waals surface area contributed by atoms with Crippen molar-refractivity contribution in [3.63, 3.8) is 0 Å². The van der Waals surface area contributed by atoms with Crippen molar-refractivity contribution in [3.05, 3.63) is 63.5 Å². The highest BCUT2D eigenvalue weighted by molar-refractivity contribution is 7.98. The average Bonchev–Trinajstić information content (AvgIpc) is 3.24. The average molecular weight is 372 g/mol. The molecule has 0 aliphatic rings. The van der Waals surface area contributed by atoms with Crippen LogP contribution in [0, 0.1) is 5.82 Å². The largest absolute Gasteiger partial charge is 0.355 e. The molecule has 3 heterocycles. The summed E-state index contributed by atoms with van der Waals surface area (Å²) in [5.41, 5.74) is 0.692. The van der Waals surface area contributed by atoms with Crippen molar-refractivity contribution in [1.29, 1.82) is 0 Å². The number of aromatic amines is 1. The molecule has 0 aliphatic heterocycles. The number of hydrogen-bond acceptors (Lipinski definition) is 5. The fourth-order valence-electron chi connectivity index (χ4n) is 2.57. The molecule has 0 aliphatic carbocycles. The number of rotatable bonds is 4. The normalized spacial score (nSPS) is 11.3. The second-order valence-electron chi connectivity index (χ2n) is 5.45. The van der Waals surface area contributed by atoms with Crippen molar-refractivity contribution in [2.45, 2.75) is 10.9 Å². The summed E-state index contributed by atoms with van der Waals surface area (Å²) >= 11 is 3.04. The van der Waals surface area contributed by atoms with Crippen LogP contribution >= 0.6 is 23.1 Å². The van der Waals surface area contributed by atoms with E-state index in [0.717, 1.165) is 15.9 Å². The molecule has 126 valence electrons. The van der Waals surface area contributed by atoms with Gasteiger partial charge in [0.25, 0.3) is 0 Å². The third-order valence-corrected chi connectivity index (χ3v) is 5.74. The summed E-state index contributed by atoms with van der Waals surface area (Å²) in [4.78, 5) is 16.2. The molecule has 1 aromatic carbocycles. The molecule has 4 aromatic rings. The predicted octanol–water partition coefficient (Wildman–Crippen LogP) is 3.82. The van der Waals surface area contributed by atoms with Crippen LogP contribution in [0.2, 0.25) is 0 Å². The van der Waals surface area contributed by atoms with Gasteiger partial charge in [0.1, 0.15) is 5.82 Å². The molecule has 0 atom stereocenters. The van der Waals surface area contributed by atoms with E-state index in [-0.39, 0.29) is 10.9 Å². The van der Waals surface area contributed by atoms with Gasteiger partial charge in [0, 0.05) is 29.9 Å². The van der Waals surface area contributed by atoms with Crippen molar-refractivity contribution in [1.82, 2.24) is 19.7 Å². The van der Waals surface area contributed by atoms with Crippen molar-refractivity contribution < 1.29 is 4.39 Å². The summed E-state index contributed by atoms with van der Waals surface area (Å²) in [7, 11) is 1.90. The molecule has 1 N–H and O–H groups in total. The van der Waals surface area contributed by atoms with E-state index < -0.39 is 5.82 Å². The summed E-state index contributed by atoms with van der Waals surface area (Å²) in [5.74, 6) is 0.839. The number of nitrogens with one attached hydrogen (secondary N) is 1. The standard InChI is InChI=1S/C17H13FN4OS2/c1-22-16(14-6-3-7-24-14)20-21-17(22)25-9-10-8-13(23)11-4-2-5-12(18)15(11)19-10/h2-8H,9H2,1H3,(H,19,23). The van der Waals surface area contributed by atoms with Crippen LogP contribution in [0.3, 0.4) is 0 Å². The first-order valence-corrected chi connectivity index (χ1v) is 9.36. The number of halogens is 1. The Morgan fingerprint density at radius 1 is 1.28 bits per heavy atom. The number of pyridine rings is 1. The zero-order chi connectivity index (χ0) is 17.4. The first kappa shape index (κ1) is 16.0. The molecule has 5 nitrogen and oxygen atoms in total. The molecular weight excluding hydrogens is 359 g/mol. The van der Waals surface area contributed by atoms with Gasteiger partial charge in [0.05, 0.1) is 10.4 Å². The number of para-hydroxylation sites is 1. The molecule has 0 saturated carbocycles. The van der Waals surface area contributed by atoms with Gasteiger partial charge in [-0.25, -0.2) is 4.39 Å². The van der Waals surface area contributed by atoms with Gasteiger partial charge in [-0.05, 0) is 23.6 Å². The molecule has 0 unspecified atom stereocenters. The molecule has 0 bridgehead atoms. The van der Waals surface area contributed by atoms with Crippen LogP contribution in [-0.4, -0.2) is 19.7 Å². The van der Waals surface area contributed by atoms with E-state index >= 15 is 0 Å². The zero-order valence-corrected chi connectivity index (χ0v) is 14.8. The maximum Gasteiger partial charge on any atom is 0.191 e. The van der Waals surface area contributed by atoms with E-state index in [4.69, 9.17) is 0 Å². The summed E-state index contributed by atoms with van der Waals surface area (Å²) in [6, 6.07) is 9.95. The van der Waals surface area contributed by atoms with Gasteiger partial charge in [0.2, 0.25) is 0 Å². The highest BCUT2D eigenvalue weighted by Gasteiger charge is 2.13. The van der Waals surface area contributed by atoms with Crippen molar-refractivity contribution in [3.8, 4) is 10.7 Å². The summed E-state index contributed by atoms with van der Waals surface area (Å²) in [5, 5.41) is 11.5. The molecule has 0 saturated heterocycles. The molecule has 3 aromatic heterocycles. The highest BCUT2D eigenvalue weighted by atomic mass is 32.2. The van der Waals surface area contributed by atoms with Gasteiger partial charge < -0.3 is 9.55 Å². The molecule has 8 heteroatoms. The van der Waals surface area contributed by atoms with Gasteiger partial charge in [-0.1, -0.05) is 23.9 Å². The number of aromatic nitrogens is 4. The maximum atomic E-state index is 13.9. The number of hydrogen-bond donors (Lipinski definition) is 1. The van der Waals surface area contributed by atoms with E-state index in [2.05, 4.69) is 15.2 Å². The lowest BCUT2D eigenvalue weighted by Crippen LogP contribution is -2.06. The van der Waals surface area contributed by atoms with Gasteiger partial charge in [-0.15, -0.1) is 21.5 Å². The third kappa shape index (κ3) is 2.98. The number of thioether (sulfide) groups is 1. The fourth-order valence-corrected chi connectivity index (χ4v) is 4.13. The minimum Gasteiger partial charge on any atom is -0.355 e. The Kier molecular flexibility index (Phi) is 4.14. The molecule has 0 spiro atoms. The van der Waals surface area contributed by atoms with Gasteiger partial charge in [0.15, 0.2) is 16.4 Å². The van der Waals surface area contributed by atoms with Gasteiger partial charge in [-0.2, -0.15) is 0 Å². The monoisotopic (exact) mass is 372 g/mol. The quantitative estimate of drug-likeness (QED) is 0.553. The van der Waals surface area contributed by atoms with Crippen LogP contribution in [0.25, 0.3) is 21.6 Å². The van der Waals surface area contributed by atoms with Gasteiger partial charge in [-0.3, -0.25) is 4.79 Å². The molecule has 25 heavy (non-hydrogen) atoms. The van der Waals surface area contributed by atoms with Crippen molar-refractivity contribution in [2.24, 2.45) is 7.05 Å². The molecular formula is C17H13FN4OS2. The SMILES string of the molecule is Cn1c(SCc2cc(=O)c3cccc(F)c3[nH]2)nnc1-c1cccs1. The van der Waals surface area contributed by atoms with Gasteiger partial charge >= 0.3 is 0 Å². The molecule has 0 fully saturated rings. The minimum atomic E-state index is -0.430. The number of fused-ring (bicyclic) bond motifs is 1. The maximum absolute atomic E-state index is 13.9. The second-order valence-corrected chi connectivity index (χ2v) is 7.34. The Bertz CT molecular complexity index is 1100. The van der Waals surface area contributed by atoms with E-state index in [9.17, 15) is 9.18 Å². The lowest BCUT2D eigenvalue weighted by Gasteiger charge is -2.05. The second kappa shape index (κ2) is 6.45. The summed E-state index contributed by atoms with van der Waals surface area (Å²) in [6.45, 7) is 0. The predicted molar refractivity (Wildman–Crippen MR) is 98.4 cm³/mol. The van der Waals surface area contributed by atoms with Crippen LogP contribution in [0.4, 0.5) is 4.39 Å². The van der Waals surface area contributed by atoms with Crippen LogP contribution in [0.5, 0.6) is 0 Å². The fraction of sp³-hybridized carbons (Fsp3) is 0.118. The van der Waals surface area contributed by atoms with Crippen molar-refractivity contribution >= 4 is 34.0 Å². The highest BCUT2D eigenvalue weighted by Crippen LogP contribution is 2.27. The lowest BCUT2D eigenvalue weighted by atomic mass is 10.2. The van der Waals surface area contributed by atoms with Crippen LogP contribution in [0.1, 0.15) is 5.69 Å². The number of thiophene rings is 1. The summed E-state index contributed by atoms with van der Waals surface area (Å²) in [6.07, 6.45) is 0. The van der Waals surface area contributed by atoms with Crippen LogP contribution in [-0.2, 0) is 12.8 Å². The Labute approximate surface area is 150 Å². The van der Waals surface area contributed by atoms with E-state index in [1.807, 2.05) is 29.1 Å². The first-order chi connectivity index (χ1) is 12.1. The number of H-pyrrole nitrogens is 1. The number of nitrogens with zero attached hydrogens (tertiary/aromatic N) is 3. The molecule has 0 radical (unpaired) electrons. The Hall–Kier alpha value is -2.45. The van der Waals surface area contributed by atoms with E-state index in [1.54, 1.807) is 17.4 Å². The molecule has 4 rings (SSSR count). The Morgan fingerprint density at radius 3 is 2.96 bits per heavy atom. The topological polar surface area (TPSA) is 63.6 Å². The molecule has 0 amide bonds. The third-order valence-electron chi connectivity index (χ3n) is 3.80. The van der Waals surface area contributed by atoms with Crippen molar-refractivity contribution in [2.75, 3.05) is 0 Å². The van der Waals surface area contributed by atoms with Crippen LogP contribution in [0.15, 0.2) is 51.7 Å². The first-order valence-electron chi connectivity index (χ1n) is 7.50. The van der Waals surface area contributed by atoms with E-state index in [1.165, 1.54) is 30.0 Å². The Balaban J connectivity index is 1.61. The lowest BCUT2D eigenvalue weighted by molar-refractivity contribution is 0.636. The van der Waals surface area contributed by atoms with E-state index in [0.29, 0.717) is 16.8 Å². The smallest absolute Gasteiger partial charge is 0.191 e. The zero-order valence-electron chi connectivity index (χ0n) is 13.2. The number of benzene rings is 1. The summed E-state index contributed by atoms with van der Waals surface area (Å²) < 4.78 is 15.8. The Morgan fingerprint density at radius 2 is 2.16 bits per heavy atom. The van der Waals surface area contributed by atoms with Crippen LogP contribution < -0.4 is 5.43 Å².